The Morgan fingerprint density at radius 2 is 1.67 bits per heavy atom. The number of hydrogen-bond acceptors (Lipinski definition) is 4. The molecule has 27 heavy (non-hydrogen) atoms. The molecule has 1 heterocycles. The lowest BCUT2D eigenvalue weighted by Crippen LogP contribution is -2.36. The highest BCUT2D eigenvalue weighted by Crippen LogP contribution is 2.24. The zero-order chi connectivity index (χ0) is 19.4. The van der Waals surface area contributed by atoms with Gasteiger partial charge in [-0.2, -0.15) is 4.31 Å². The minimum atomic E-state index is -3.60. The molecule has 0 aliphatic carbocycles. The van der Waals surface area contributed by atoms with E-state index in [1.165, 1.54) is 10.4 Å². The molecule has 0 saturated carbocycles. The van der Waals surface area contributed by atoms with Crippen LogP contribution in [0.3, 0.4) is 0 Å². The Morgan fingerprint density at radius 3 is 2.33 bits per heavy atom. The number of carbonyl (C=O) groups is 1. The van der Waals surface area contributed by atoms with Gasteiger partial charge in [-0.15, -0.1) is 0 Å². The van der Waals surface area contributed by atoms with Crippen molar-refractivity contribution in [1.82, 2.24) is 4.31 Å². The number of ether oxygens (including phenoxy) is 1. The maximum atomic E-state index is 13.0. The largest absolute Gasteiger partial charge is 0.457 e. The van der Waals surface area contributed by atoms with Gasteiger partial charge in [-0.05, 0) is 49.9 Å². The van der Waals surface area contributed by atoms with Gasteiger partial charge in [0.05, 0.1) is 10.5 Å². The molecule has 6 heteroatoms. The molecule has 0 unspecified atom stereocenters. The van der Waals surface area contributed by atoms with Gasteiger partial charge in [0.15, 0.2) is 0 Å². The second-order valence-corrected chi connectivity index (χ2v) is 8.91. The van der Waals surface area contributed by atoms with Crippen LogP contribution in [0, 0.1) is 13.8 Å². The molecule has 1 fully saturated rings. The first-order valence-corrected chi connectivity index (χ1v) is 10.7. The van der Waals surface area contributed by atoms with Crippen LogP contribution in [0.25, 0.3) is 0 Å². The molecular formula is C21H25NO4S. The number of nitrogens with zero attached hydrogens (tertiary/aromatic N) is 1. The van der Waals surface area contributed by atoms with Crippen molar-refractivity contribution in [3.63, 3.8) is 0 Å². The Kier molecular flexibility index (Phi) is 5.97. The van der Waals surface area contributed by atoms with E-state index >= 15 is 0 Å². The summed E-state index contributed by atoms with van der Waals surface area (Å²) in [5, 5.41) is 0. The van der Waals surface area contributed by atoms with E-state index in [2.05, 4.69) is 0 Å². The molecule has 5 nitrogen and oxygen atoms in total. The average molecular weight is 388 g/mol. The zero-order valence-corrected chi connectivity index (χ0v) is 16.6. The highest BCUT2D eigenvalue weighted by atomic mass is 32.2. The first-order valence-electron chi connectivity index (χ1n) is 9.21. The molecule has 0 atom stereocenters. The maximum Gasteiger partial charge on any atom is 0.338 e. The van der Waals surface area contributed by atoms with Crippen molar-refractivity contribution in [2.75, 3.05) is 13.1 Å². The van der Waals surface area contributed by atoms with Crippen LogP contribution >= 0.6 is 0 Å². The van der Waals surface area contributed by atoms with Crippen LogP contribution in [-0.4, -0.2) is 31.8 Å². The maximum absolute atomic E-state index is 13.0. The molecule has 0 N–H and O–H groups in total. The summed E-state index contributed by atoms with van der Waals surface area (Å²) in [4.78, 5) is 12.6. The fraction of sp³-hybridized carbons (Fsp3) is 0.381. The van der Waals surface area contributed by atoms with Crippen molar-refractivity contribution < 1.29 is 17.9 Å². The second kappa shape index (κ2) is 8.23. The van der Waals surface area contributed by atoms with E-state index in [0.717, 1.165) is 30.4 Å². The quantitative estimate of drug-likeness (QED) is 0.732. The molecule has 1 aliphatic rings. The molecule has 0 bridgehead atoms. The van der Waals surface area contributed by atoms with Crippen molar-refractivity contribution in [3.8, 4) is 0 Å². The third kappa shape index (κ3) is 4.57. The Hall–Kier alpha value is -2.18. The Labute approximate surface area is 161 Å². The molecule has 0 radical (unpaired) electrons. The second-order valence-electron chi connectivity index (χ2n) is 7.01. The zero-order valence-electron chi connectivity index (χ0n) is 15.8. The first-order chi connectivity index (χ1) is 12.9. The summed E-state index contributed by atoms with van der Waals surface area (Å²) in [5.41, 5.74) is 2.91. The summed E-state index contributed by atoms with van der Waals surface area (Å²) in [7, 11) is -3.60. The van der Waals surface area contributed by atoms with E-state index in [1.807, 2.05) is 31.2 Å². The van der Waals surface area contributed by atoms with Crippen LogP contribution in [0.15, 0.2) is 47.4 Å². The molecular weight excluding hydrogens is 362 g/mol. The third-order valence-electron chi connectivity index (χ3n) is 4.85. The predicted octanol–water partition coefficient (Wildman–Crippen LogP) is 3.84. The van der Waals surface area contributed by atoms with Gasteiger partial charge in [-0.1, -0.05) is 42.3 Å². The van der Waals surface area contributed by atoms with Gasteiger partial charge in [-0.25, -0.2) is 13.2 Å². The van der Waals surface area contributed by atoms with E-state index in [-0.39, 0.29) is 17.1 Å². The highest BCUT2D eigenvalue weighted by molar-refractivity contribution is 7.89. The number of carbonyl (C=O) groups excluding carboxylic acids is 1. The van der Waals surface area contributed by atoms with Crippen LogP contribution in [0.2, 0.25) is 0 Å². The topological polar surface area (TPSA) is 63.7 Å². The summed E-state index contributed by atoms with van der Waals surface area (Å²) < 4.78 is 32.8. The minimum absolute atomic E-state index is 0.154. The number of sulfonamides is 1. The average Bonchev–Trinajstić information content (AvgIpc) is 2.68. The summed E-state index contributed by atoms with van der Waals surface area (Å²) >= 11 is 0. The van der Waals surface area contributed by atoms with E-state index in [9.17, 15) is 13.2 Å². The lowest BCUT2D eigenvalue weighted by atomic mass is 10.1. The summed E-state index contributed by atoms with van der Waals surface area (Å²) in [6.07, 6.45) is 2.80. The van der Waals surface area contributed by atoms with Gasteiger partial charge in [0.25, 0.3) is 0 Å². The van der Waals surface area contributed by atoms with Gasteiger partial charge in [-0.3, -0.25) is 0 Å². The standard InChI is InChI=1S/C21H25NO4S/c1-16-6-9-18(10-7-16)15-26-21(23)19-11-8-17(2)20(14-19)27(24,25)22-12-4-3-5-13-22/h6-11,14H,3-5,12-13,15H2,1-2H3. The number of benzene rings is 2. The van der Waals surface area contributed by atoms with Crippen LogP contribution in [0.5, 0.6) is 0 Å². The summed E-state index contributed by atoms with van der Waals surface area (Å²) in [6.45, 7) is 4.96. The van der Waals surface area contributed by atoms with Crippen LogP contribution < -0.4 is 0 Å². The van der Waals surface area contributed by atoms with Gasteiger partial charge in [0.1, 0.15) is 6.61 Å². The van der Waals surface area contributed by atoms with Crippen molar-refractivity contribution in [3.05, 3.63) is 64.7 Å². The number of piperidine rings is 1. The van der Waals surface area contributed by atoms with Crippen LogP contribution in [0.4, 0.5) is 0 Å². The molecule has 0 aromatic heterocycles. The molecule has 0 amide bonds. The van der Waals surface area contributed by atoms with E-state index in [4.69, 9.17) is 4.74 Å². The Morgan fingerprint density at radius 1 is 1.00 bits per heavy atom. The minimum Gasteiger partial charge on any atom is -0.457 e. The molecule has 2 aromatic rings. The predicted molar refractivity (Wildman–Crippen MR) is 104 cm³/mol. The van der Waals surface area contributed by atoms with Crippen LogP contribution in [0.1, 0.15) is 46.3 Å². The van der Waals surface area contributed by atoms with Crippen molar-refractivity contribution in [1.29, 1.82) is 0 Å². The Balaban J connectivity index is 1.77. The van der Waals surface area contributed by atoms with E-state index < -0.39 is 16.0 Å². The number of rotatable bonds is 5. The van der Waals surface area contributed by atoms with E-state index in [0.29, 0.717) is 18.7 Å². The number of aryl methyl sites for hydroxylation is 2. The third-order valence-corrected chi connectivity index (χ3v) is 6.89. The number of esters is 1. The summed E-state index contributed by atoms with van der Waals surface area (Å²) in [6, 6.07) is 12.4. The molecule has 3 rings (SSSR count). The normalized spacial score (nSPS) is 15.5. The number of hydrogen-bond donors (Lipinski definition) is 0. The van der Waals surface area contributed by atoms with Crippen molar-refractivity contribution in [2.45, 2.75) is 44.6 Å². The van der Waals surface area contributed by atoms with Crippen molar-refractivity contribution >= 4 is 16.0 Å². The monoisotopic (exact) mass is 387 g/mol. The van der Waals surface area contributed by atoms with E-state index in [1.54, 1.807) is 19.1 Å². The van der Waals surface area contributed by atoms with Gasteiger partial charge >= 0.3 is 5.97 Å². The molecule has 1 aliphatic heterocycles. The Bertz CT molecular complexity index is 914. The van der Waals surface area contributed by atoms with Gasteiger partial charge in [0.2, 0.25) is 10.0 Å². The summed E-state index contributed by atoms with van der Waals surface area (Å²) in [5.74, 6) is -0.523. The fourth-order valence-electron chi connectivity index (χ4n) is 3.17. The first kappa shape index (κ1) is 19.6. The molecule has 0 spiro atoms. The fourth-order valence-corrected chi connectivity index (χ4v) is 4.93. The van der Waals surface area contributed by atoms with Gasteiger partial charge in [0, 0.05) is 13.1 Å². The van der Waals surface area contributed by atoms with Gasteiger partial charge < -0.3 is 4.74 Å². The molecule has 144 valence electrons. The molecule has 2 aromatic carbocycles. The van der Waals surface area contributed by atoms with Crippen LogP contribution in [-0.2, 0) is 21.4 Å². The smallest absolute Gasteiger partial charge is 0.338 e. The SMILES string of the molecule is Cc1ccc(COC(=O)c2ccc(C)c(S(=O)(=O)N3CCCCC3)c2)cc1. The lowest BCUT2D eigenvalue weighted by molar-refractivity contribution is 0.0472. The lowest BCUT2D eigenvalue weighted by Gasteiger charge is -2.26. The highest BCUT2D eigenvalue weighted by Gasteiger charge is 2.28. The molecule has 1 saturated heterocycles. The van der Waals surface area contributed by atoms with Crippen molar-refractivity contribution in [2.24, 2.45) is 0 Å².